The fraction of sp³-hybridized carbons (Fsp3) is 0.0833. The summed E-state index contributed by atoms with van der Waals surface area (Å²) < 4.78 is 0. The molecule has 3 rings (SSSR count). The molecule has 0 spiro atoms. The molecule has 3 aromatic rings. The van der Waals surface area contributed by atoms with E-state index in [1.54, 1.807) is 4.80 Å². The van der Waals surface area contributed by atoms with Crippen molar-refractivity contribution >= 4 is 10.8 Å². The van der Waals surface area contributed by atoms with Crippen molar-refractivity contribution in [2.45, 2.75) is 6.92 Å². The van der Waals surface area contributed by atoms with Crippen LogP contribution in [0.25, 0.3) is 16.5 Å². The molecular formula is C12H10N4. The van der Waals surface area contributed by atoms with Crippen LogP contribution in [0, 0.1) is 6.92 Å². The molecule has 0 amide bonds. The molecule has 0 radical (unpaired) electrons. The summed E-state index contributed by atoms with van der Waals surface area (Å²) in [6.07, 6.45) is 0. The summed E-state index contributed by atoms with van der Waals surface area (Å²) in [5.41, 5.74) is 0.930. The van der Waals surface area contributed by atoms with Crippen molar-refractivity contribution in [2.75, 3.05) is 0 Å². The molecule has 16 heavy (non-hydrogen) atoms. The lowest BCUT2D eigenvalue weighted by Crippen LogP contribution is -1.98. The number of nitrogens with zero attached hydrogens (tertiary/aromatic N) is 4. The lowest BCUT2D eigenvalue weighted by molar-refractivity contribution is 0.719. The van der Waals surface area contributed by atoms with Gasteiger partial charge in [-0.05, 0) is 35.0 Å². The Balaban J connectivity index is 2.18. The lowest BCUT2D eigenvalue weighted by Gasteiger charge is -2.01. The van der Waals surface area contributed by atoms with Crippen LogP contribution in [0.4, 0.5) is 0 Å². The summed E-state index contributed by atoms with van der Waals surface area (Å²) >= 11 is 0. The van der Waals surface area contributed by atoms with Gasteiger partial charge < -0.3 is 0 Å². The monoisotopic (exact) mass is 210 g/mol. The highest BCUT2D eigenvalue weighted by Crippen LogP contribution is 2.16. The lowest BCUT2D eigenvalue weighted by atomic mass is 10.1. The zero-order valence-corrected chi connectivity index (χ0v) is 8.83. The van der Waals surface area contributed by atoms with Crippen molar-refractivity contribution in [2.24, 2.45) is 0 Å². The molecule has 78 valence electrons. The molecule has 0 bridgehead atoms. The first-order valence-corrected chi connectivity index (χ1v) is 5.09. The van der Waals surface area contributed by atoms with Crippen LogP contribution in [-0.2, 0) is 0 Å². The van der Waals surface area contributed by atoms with Crippen molar-refractivity contribution in [3.05, 3.63) is 48.3 Å². The molecule has 0 aliphatic heterocycles. The van der Waals surface area contributed by atoms with Gasteiger partial charge in [-0.15, -0.1) is 15.0 Å². The van der Waals surface area contributed by atoms with E-state index in [2.05, 4.69) is 39.7 Å². The van der Waals surface area contributed by atoms with Crippen LogP contribution < -0.4 is 0 Å². The molecule has 1 heterocycles. The molecule has 0 atom stereocenters. The molecule has 1 aromatic heterocycles. The number of rotatable bonds is 1. The van der Waals surface area contributed by atoms with E-state index in [0.29, 0.717) is 5.82 Å². The van der Waals surface area contributed by atoms with Gasteiger partial charge in [-0.1, -0.05) is 30.3 Å². The predicted molar refractivity (Wildman–Crippen MR) is 61.4 cm³/mol. The van der Waals surface area contributed by atoms with Gasteiger partial charge in [0.2, 0.25) is 0 Å². The maximum Gasteiger partial charge on any atom is 0.172 e. The first-order chi connectivity index (χ1) is 7.83. The molecule has 2 aromatic carbocycles. The quantitative estimate of drug-likeness (QED) is 0.618. The van der Waals surface area contributed by atoms with Gasteiger partial charge in [0.1, 0.15) is 0 Å². The second kappa shape index (κ2) is 3.41. The zero-order valence-electron chi connectivity index (χ0n) is 8.83. The number of aromatic nitrogens is 4. The zero-order chi connectivity index (χ0) is 11.0. The molecule has 4 nitrogen and oxygen atoms in total. The number of tetrazole rings is 1. The van der Waals surface area contributed by atoms with Gasteiger partial charge in [-0.3, -0.25) is 0 Å². The third-order valence-electron chi connectivity index (χ3n) is 2.48. The largest absolute Gasteiger partial charge is 0.172 e. The standard InChI is InChI=1S/C12H10N4/c1-9-13-15-16(14-9)12-7-6-10-4-2-3-5-11(10)8-12/h2-8H,1H3. The summed E-state index contributed by atoms with van der Waals surface area (Å²) in [5, 5.41) is 14.4. The van der Waals surface area contributed by atoms with Crippen LogP contribution >= 0.6 is 0 Å². The minimum atomic E-state index is 0.674. The van der Waals surface area contributed by atoms with Crippen LogP contribution in [0.15, 0.2) is 42.5 Å². The predicted octanol–water partition coefficient (Wildman–Crippen LogP) is 2.12. The van der Waals surface area contributed by atoms with E-state index >= 15 is 0 Å². The first-order valence-electron chi connectivity index (χ1n) is 5.09. The highest BCUT2D eigenvalue weighted by molar-refractivity contribution is 5.84. The average Bonchev–Trinajstić information content (AvgIpc) is 2.75. The Labute approximate surface area is 92.5 Å². The van der Waals surface area contributed by atoms with E-state index in [0.717, 1.165) is 5.69 Å². The Morgan fingerprint density at radius 1 is 1.00 bits per heavy atom. The maximum atomic E-state index is 4.18. The third-order valence-corrected chi connectivity index (χ3v) is 2.48. The molecule has 0 fully saturated rings. The van der Waals surface area contributed by atoms with Crippen molar-refractivity contribution in [3.8, 4) is 5.69 Å². The van der Waals surface area contributed by atoms with Crippen molar-refractivity contribution in [1.82, 2.24) is 20.2 Å². The molecule has 4 heteroatoms. The Morgan fingerprint density at radius 3 is 2.56 bits per heavy atom. The fourth-order valence-corrected chi connectivity index (χ4v) is 1.69. The van der Waals surface area contributed by atoms with Gasteiger partial charge in [0, 0.05) is 0 Å². The van der Waals surface area contributed by atoms with Crippen molar-refractivity contribution in [3.63, 3.8) is 0 Å². The molecule has 0 aliphatic carbocycles. The molecule has 0 saturated heterocycles. The van der Waals surface area contributed by atoms with Gasteiger partial charge in [0.15, 0.2) is 5.82 Å². The molecule has 0 N–H and O–H groups in total. The second-order valence-corrected chi connectivity index (χ2v) is 3.66. The Hall–Kier alpha value is -2.23. The van der Waals surface area contributed by atoms with Crippen LogP contribution in [0.3, 0.4) is 0 Å². The molecule has 0 aliphatic rings. The van der Waals surface area contributed by atoms with Gasteiger partial charge in [-0.25, -0.2) is 0 Å². The molecule has 0 unspecified atom stereocenters. The first kappa shape index (κ1) is 9.03. The number of hydrogen-bond donors (Lipinski definition) is 0. The van der Waals surface area contributed by atoms with E-state index in [4.69, 9.17) is 0 Å². The van der Waals surface area contributed by atoms with Crippen LogP contribution in [0.5, 0.6) is 0 Å². The highest BCUT2D eigenvalue weighted by atomic mass is 15.6. The smallest absolute Gasteiger partial charge is 0.132 e. The number of aryl methyl sites for hydroxylation is 1. The Kier molecular flexibility index (Phi) is 1.93. The van der Waals surface area contributed by atoms with E-state index in [-0.39, 0.29) is 0 Å². The van der Waals surface area contributed by atoms with Crippen LogP contribution in [0.2, 0.25) is 0 Å². The van der Waals surface area contributed by atoms with Crippen molar-refractivity contribution in [1.29, 1.82) is 0 Å². The van der Waals surface area contributed by atoms with Gasteiger partial charge in [-0.2, -0.15) is 0 Å². The molecule has 0 saturated carbocycles. The molecular weight excluding hydrogens is 200 g/mol. The summed E-state index contributed by atoms with van der Waals surface area (Å²) in [6.45, 7) is 1.82. The topological polar surface area (TPSA) is 43.6 Å². The van der Waals surface area contributed by atoms with Gasteiger partial charge in [0.05, 0.1) is 5.69 Å². The van der Waals surface area contributed by atoms with Crippen molar-refractivity contribution < 1.29 is 0 Å². The van der Waals surface area contributed by atoms with Gasteiger partial charge in [0.25, 0.3) is 0 Å². The van der Waals surface area contributed by atoms with Gasteiger partial charge >= 0.3 is 0 Å². The van der Waals surface area contributed by atoms with Crippen LogP contribution in [0.1, 0.15) is 5.82 Å². The van der Waals surface area contributed by atoms with E-state index in [9.17, 15) is 0 Å². The summed E-state index contributed by atoms with van der Waals surface area (Å²) in [6, 6.07) is 14.3. The fourth-order valence-electron chi connectivity index (χ4n) is 1.69. The normalized spacial score (nSPS) is 10.8. The Bertz CT molecular complexity index is 642. The second-order valence-electron chi connectivity index (χ2n) is 3.66. The Morgan fingerprint density at radius 2 is 1.81 bits per heavy atom. The summed E-state index contributed by atoms with van der Waals surface area (Å²) in [4.78, 5) is 1.54. The van der Waals surface area contributed by atoms with E-state index in [1.165, 1.54) is 10.8 Å². The summed E-state index contributed by atoms with van der Waals surface area (Å²) in [5.74, 6) is 0.674. The van der Waals surface area contributed by atoms with E-state index < -0.39 is 0 Å². The minimum absolute atomic E-state index is 0.674. The average molecular weight is 210 g/mol. The van der Waals surface area contributed by atoms with E-state index in [1.807, 2.05) is 25.1 Å². The SMILES string of the molecule is Cc1nnn(-c2ccc3ccccc3c2)n1. The minimum Gasteiger partial charge on any atom is -0.132 e. The number of fused-ring (bicyclic) bond motifs is 1. The summed E-state index contributed by atoms with van der Waals surface area (Å²) in [7, 11) is 0. The third kappa shape index (κ3) is 1.44. The number of hydrogen-bond acceptors (Lipinski definition) is 3. The maximum absolute atomic E-state index is 4.18. The number of benzene rings is 2. The van der Waals surface area contributed by atoms with Crippen LogP contribution in [-0.4, -0.2) is 20.2 Å². The highest BCUT2D eigenvalue weighted by Gasteiger charge is 2.01.